The maximum Gasteiger partial charge on any atom is 0.250 e. The van der Waals surface area contributed by atoms with E-state index in [9.17, 15) is 4.79 Å². The van der Waals surface area contributed by atoms with E-state index in [4.69, 9.17) is 16.2 Å². The fourth-order valence-corrected chi connectivity index (χ4v) is 2.12. The van der Waals surface area contributed by atoms with Crippen molar-refractivity contribution in [1.82, 2.24) is 4.98 Å². The molecule has 0 radical (unpaired) electrons. The zero-order valence-electron chi connectivity index (χ0n) is 10.4. The molecule has 1 amide bonds. The molecule has 1 aromatic rings. The van der Waals surface area contributed by atoms with Gasteiger partial charge in [0.1, 0.15) is 5.82 Å². The second-order valence-electron chi connectivity index (χ2n) is 4.32. The lowest BCUT2D eigenvalue weighted by molar-refractivity contribution is 0.0925. The average Bonchev–Trinajstić information content (AvgIpc) is 2.39. The lowest BCUT2D eigenvalue weighted by atomic mass is 10.1. The molecule has 0 aromatic carbocycles. The van der Waals surface area contributed by atoms with Gasteiger partial charge in [-0.1, -0.05) is 6.92 Å². The van der Waals surface area contributed by atoms with Gasteiger partial charge in [0.25, 0.3) is 5.91 Å². The first kappa shape index (κ1) is 12.6. The fraction of sp³-hybridized carbons (Fsp3) is 0.500. The minimum atomic E-state index is -0.530. The highest BCUT2D eigenvalue weighted by Gasteiger charge is 2.23. The highest BCUT2D eigenvalue weighted by atomic mass is 16.5. The van der Waals surface area contributed by atoms with E-state index in [1.165, 1.54) is 6.20 Å². The minimum Gasteiger partial charge on any atom is -0.397 e. The molecule has 0 bridgehead atoms. The van der Waals surface area contributed by atoms with Crippen molar-refractivity contribution in [2.24, 2.45) is 5.73 Å². The summed E-state index contributed by atoms with van der Waals surface area (Å²) in [5.41, 5.74) is 11.6. The summed E-state index contributed by atoms with van der Waals surface area (Å²) in [5.74, 6) is 0.200. The van der Waals surface area contributed by atoms with E-state index in [1.807, 2.05) is 0 Å². The van der Waals surface area contributed by atoms with Gasteiger partial charge in [-0.05, 0) is 12.5 Å². The van der Waals surface area contributed by atoms with Gasteiger partial charge in [0.2, 0.25) is 0 Å². The van der Waals surface area contributed by atoms with Crippen LogP contribution in [0, 0.1) is 0 Å². The van der Waals surface area contributed by atoms with E-state index in [1.54, 1.807) is 6.07 Å². The SMILES string of the molecule is CCC1COCCN1c1cc(C(N)=O)c(N)cn1. The molecular formula is C12H18N4O2. The number of carbonyl (C=O) groups excluding carboxylic acids is 1. The summed E-state index contributed by atoms with van der Waals surface area (Å²) in [5, 5.41) is 0. The monoisotopic (exact) mass is 250 g/mol. The minimum absolute atomic E-state index is 0.274. The topological polar surface area (TPSA) is 94.5 Å². The first-order chi connectivity index (χ1) is 8.63. The number of hydrogen-bond acceptors (Lipinski definition) is 5. The summed E-state index contributed by atoms with van der Waals surface area (Å²) in [6.45, 7) is 4.19. The highest BCUT2D eigenvalue weighted by molar-refractivity contribution is 5.98. The third-order valence-corrected chi connectivity index (χ3v) is 3.18. The molecule has 0 spiro atoms. The van der Waals surface area contributed by atoms with E-state index in [0.717, 1.165) is 18.8 Å². The standard InChI is InChI=1S/C12H18N4O2/c1-2-8-7-18-4-3-16(8)11-5-9(12(14)17)10(13)6-15-11/h5-6,8H,2-4,7,13H2,1H3,(H2,14,17). The van der Waals surface area contributed by atoms with Crippen molar-refractivity contribution < 1.29 is 9.53 Å². The van der Waals surface area contributed by atoms with Gasteiger partial charge in [-0.3, -0.25) is 4.79 Å². The molecule has 6 nitrogen and oxygen atoms in total. The number of rotatable bonds is 3. The van der Waals surface area contributed by atoms with Crippen LogP contribution in [0.2, 0.25) is 0 Å². The number of carbonyl (C=O) groups is 1. The summed E-state index contributed by atoms with van der Waals surface area (Å²) in [7, 11) is 0. The van der Waals surface area contributed by atoms with Gasteiger partial charge in [0, 0.05) is 6.54 Å². The molecule has 2 heterocycles. The molecule has 1 aliphatic rings. The second kappa shape index (κ2) is 5.22. The number of primary amides is 1. The molecule has 18 heavy (non-hydrogen) atoms. The Hall–Kier alpha value is -1.82. The van der Waals surface area contributed by atoms with Crippen molar-refractivity contribution in [1.29, 1.82) is 0 Å². The van der Waals surface area contributed by atoms with E-state index >= 15 is 0 Å². The second-order valence-corrected chi connectivity index (χ2v) is 4.32. The van der Waals surface area contributed by atoms with Gasteiger partial charge in [-0.25, -0.2) is 4.98 Å². The van der Waals surface area contributed by atoms with Crippen molar-refractivity contribution >= 4 is 17.4 Å². The van der Waals surface area contributed by atoms with E-state index < -0.39 is 5.91 Å². The molecule has 1 fully saturated rings. The van der Waals surface area contributed by atoms with E-state index in [0.29, 0.717) is 24.5 Å². The van der Waals surface area contributed by atoms with Crippen LogP contribution in [0.3, 0.4) is 0 Å². The van der Waals surface area contributed by atoms with Crippen molar-refractivity contribution in [3.8, 4) is 0 Å². The van der Waals surface area contributed by atoms with Crippen LogP contribution in [0.1, 0.15) is 23.7 Å². The van der Waals surface area contributed by atoms with Crippen LogP contribution in [0.4, 0.5) is 11.5 Å². The van der Waals surface area contributed by atoms with Gasteiger partial charge >= 0.3 is 0 Å². The van der Waals surface area contributed by atoms with Crippen molar-refractivity contribution in [3.63, 3.8) is 0 Å². The molecule has 6 heteroatoms. The number of nitrogen functional groups attached to an aromatic ring is 1. The van der Waals surface area contributed by atoms with E-state index in [2.05, 4.69) is 16.8 Å². The van der Waals surface area contributed by atoms with Gasteiger partial charge < -0.3 is 21.1 Å². The molecule has 4 N–H and O–H groups in total. The van der Waals surface area contributed by atoms with Gasteiger partial charge in [-0.15, -0.1) is 0 Å². The molecule has 2 rings (SSSR count). The Bertz CT molecular complexity index is 450. The average molecular weight is 250 g/mol. The molecule has 1 unspecified atom stereocenters. The summed E-state index contributed by atoms with van der Waals surface area (Å²) >= 11 is 0. The van der Waals surface area contributed by atoms with Gasteiger partial charge in [0.05, 0.1) is 36.7 Å². The molecule has 1 atom stereocenters. The lowest BCUT2D eigenvalue weighted by Crippen LogP contribution is -2.45. The van der Waals surface area contributed by atoms with Crippen molar-refractivity contribution in [2.45, 2.75) is 19.4 Å². The number of nitrogens with zero attached hydrogens (tertiary/aromatic N) is 2. The van der Waals surface area contributed by atoms with Gasteiger partial charge in [-0.2, -0.15) is 0 Å². The molecule has 98 valence electrons. The fourth-order valence-electron chi connectivity index (χ4n) is 2.12. The number of ether oxygens (including phenoxy) is 1. The van der Waals surface area contributed by atoms with Crippen LogP contribution in [0.5, 0.6) is 0 Å². The zero-order chi connectivity index (χ0) is 13.1. The van der Waals surface area contributed by atoms with Gasteiger partial charge in [0.15, 0.2) is 0 Å². The Kier molecular flexibility index (Phi) is 3.66. The Morgan fingerprint density at radius 2 is 2.44 bits per heavy atom. The summed E-state index contributed by atoms with van der Waals surface area (Å²) in [6.07, 6.45) is 2.44. The molecule has 1 aliphatic heterocycles. The van der Waals surface area contributed by atoms with Crippen LogP contribution in [0.25, 0.3) is 0 Å². The maximum absolute atomic E-state index is 11.3. The predicted molar refractivity (Wildman–Crippen MR) is 69.4 cm³/mol. The quantitative estimate of drug-likeness (QED) is 0.808. The number of nitrogens with two attached hydrogens (primary N) is 2. The number of anilines is 2. The smallest absolute Gasteiger partial charge is 0.250 e. The Balaban J connectivity index is 2.32. The summed E-state index contributed by atoms with van der Waals surface area (Å²) in [4.78, 5) is 17.7. The van der Waals surface area contributed by atoms with E-state index in [-0.39, 0.29) is 6.04 Å². The number of hydrogen-bond donors (Lipinski definition) is 2. The molecule has 0 aliphatic carbocycles. The number of aromatic nitrogens is 1. The highest BCUT2D eigenvalue weighted by Crippen LogP contribution is 2.22. The number of morpholine rings is 1. The summed E-state index contributed by atoms with van der Waals surface area (Å²) < 4.78 is 5.44. The maximum atomic E-state index is 11.3. The first-order valence-electron chi connectivity index (χ1n) is 6.03. The van der Waals surface area contributed by atoms with Crippen LogP contribution in [0.15, 0.2) is 12.3 Å². The normalized spacial score (nSPS) is 19.8. The molecule has 0 saturated carbocycles. The van der Waals surface area contributed by atoms with Crippen LogP contribution in [-0.4, -0.2) is 36.7 Å². The Morgan fingerprint density at radius 1 is 1.67 bits per heavy atom. The predicted octanol–water partition coefficient (Wildman–Crippen LogP) is 0.378. The molecular weight excluding hydrogens is 232 g/mol. The Morgan fingerprint density at radius 3 is 3.11 bits per heavy atom. The third kappa shape index (κ3) is 2.38. The van der Waals surface area contributed by atoms with Crippen LogP contribution >= 0.6 is 0 Å². The van der Waals surface area contributed by atoms with Crippen molar-refractivity contribution in [2.75, 3.05) is 30.4 Å². The van der Waals surface area contributed by atoms with Crippen LogP contribution in [-0.2, 0) is 4.74 Å². The summed E-state index contributed by atoms with van der Waals surface area (Å²) in [6, 6.07) is 1.93. The third-order valence-electron chi connectivity index (χ3n) is 3.18. The lowest BCUT2D eigenvalue weighted by Gasteiger charge is -2.36. The zero-order valence-corrected chi connectivity index (χ0v) is 10.4. The number of amides is 1. The molecule has 1 aromatic heterocycles. The first-order valence-corrected chi connectivity index (χ1v) is 6.03. The molecule has 1 saturated heterocycles. The largest absolute Gasteiger partial charge is 0.397 e. The Labute approximate surface area is 106 Å². The van der Waals surface area contributed by atoms with Crippen LogP contribution < -0.4 is 16.4 Å². The van der Waals surface area contributed by atoms with Crippen molar-refractivity contribution in [3.05, 3.63) is 17.8 Å². The number of pyridine rings is 1.